The fraction of sp³-hybridized carbons (Fsp3) is 0.136. The van der Waals surface area contributed by atoms with Gasteiger partial charge < -0.3 is 25.3 Å². The molecule has 9 heteroatoms. The molecule has 0 unspecified atom stereocenters. The number of nitrogens with two attached hydrogens (primary N) is 1. The average Bonchev–Trinajstić information content (AvgIpc) is 3.37. The van der Waals surface area contributed by atoms with E-state index in [0.717, 1.165) is 28.5 Å². The van der Waals surface area contributed by atoms with E-state index in [4.69, 9.17) is 24.9 Å². The minimum atomic E-state index is -0.421. The molecule has 4 aromatic rings. The largest absolute Gasteiger partial charge is 0.497 e. The number of benzene rings is 2. The highest BCUT2D eigenvalue weighted by atomic mass is 16.7. The number of ether oxygens (including phenoxy) is 3. The van der Waals surface area contributed by atoms with Crippen molar-refractivity contribution in [2.75, 3.05) is 19.2 Å². The lowest BCUT2D eigenvalue weighted by Gasteiger charge is -2.10. The van der Waals surface area contributed by atoms with Crippen LogP contribution in [0.2, 0.25) is 0 Å². The molecule has 0 aliphatic carbocycles. The Bertz CT molecular complexity index is 1280. The average molecular weight is 418 g/mol. The molecular weight excluding hydrogens is 398 g/mol. The van der Waals surface area contributed by atoms with Crippen LogP contribution in [-0.4, -0.2) is 29.2 Å². The van der Waals surface area contributed by atoms with E-state index in [1.807, 2.05) is 53.1 Å². The van der Waals surface area contributed by atoms with Gasteiger partial charge in [-0.3, -0.25) is 9.20 Å². The van der Waals surface area contributed by atoms with Crippen molar-refractivity contribution < 1.29 is 23.6 Å². The van der Waals surface area contributed by atoms with Crippen LogP contribution in [0.25, 0.3) is 16.9 Å². The lowest BCUT2D eigenvalue weighted by atomic mass is 10.1. The SMILES string of the molecule is COc1ccc(-c2nc3c[n+](CC(N)=O)ccn3c2Nc2ccc3c(c2)OCO3)cc1. The quantitative estimate of drug-likeness (QED) is 0.466. The molecule has 3 N–H and O–H groups in total. The van der Waals surface area contributed by atoms with E-state index in [1.54, 1.807) is 24.1 Å². The molecule has 2 aromatic heterocycles. The van der Waals surface area contributed by atoms with E-state index >= 15 is 0 Å². The number of anilines is 2. The number of primary amides is 1. The van der Waals surface area contributed by atoms with Gasteiger partial charge in [0.2, 0.25) is 25.2 Å². The summed E-state index contributed by atoms with van der Waals surface area (Å²) in [5.74, 6) is 2.51. The van der Waals surface area contributed by atoms with Gasteiger partial charge in [0.1, 0.15) is 17.3 Å². The maximum atomic E-state index is 11.3. The number of fused-ring (bicyclic) bond motifs is 2. The highest BCUT2D eigenvalue weighted by Gasteiger charge is 2.19. The number of aromatic nitrogens is 3. The molecule has 0 atom stereocenters. The zero-order valence-electron chi connectivity index (χ0n) is 16.7. The lowest BCUT2D eigenvalue weighted by Crippen LogP contribution is -2.40. The number of carbonyl (C=O) groups excluding carboxylic acids is 1. The Labute approximate surface area is 177 Å². The van der Waals surface area contributed by atoms with Crippen molar-refractivity contribution in [3.05, 3.63) is 61.1 Å². The van der Waals surface area contributed by atoms with Crippen LogP contribution in [0.4, 0.5) is 11.5 Å². The van der Waals surface area contributed by atoms with Crippen LogP contribution in [0.15, 0.2) is 61.1 Å². The van der Waals surface area contributed by atoms with Crippen molar-refractivity contribution >= 4 is 23.1 Å². The van der Waals surface area contributed by atoms with Crippen molar-refractivity contribution in [1.82, 2.24) is 9.38 Å². The maximum absolute atomic E-state index is 11.3. The van der Waals surface area contributed by atoms with E-state index in [2.05, 4.69) is 5.32 Å². The molecule has 0 spiro atoms. The summed E-state index contributed by atoms with van der Waals surface area (Å²) in [6, 6.07) is 13.3. The van der Waals surface area contributed by atoms with Gasteiger partial charge in [-0.05, 0) is 36.4 Å². The number of nitrogens with zero attached hydrogens (tertiary/aromatic N) is 3. The van der Waals surface area contributed by atoms with Gasteiger partial charge in [0.15, 0.2) is 17.7 Å². The summed E-state index contributed by atoms with van der Waals surface area (Å²) in [6.07, 6.45) is 5.40. The Hall–Kier alpha value is -4.27. The summed E-state index contributed by atoms with van der Waals surface area (Å²) in [7, 11) is 1.63. The molecule has 156 valence electrons. The second-order valence-corrected chi connectivity index (χ2v) is 7.02. The third-order valence-electron chi connectivity index (χ3n) is 4.96. The first-order valence-corrected chi connectivity index (χ1v) is 9.61. The van der Waals surface area contributed by atoms with Gasteiger partial charge in [-0.2, -0.15) is 4.57 Å². The molecular formula is C22H20N5O4+. The number of nitrogens with one attached hydrogen (secondary N) is 1. The molecule has 31 heavy (non-hydrogen) atoms. The van der Waals surface area contributed by atoms with Gasteiger partial charge in [0, 0.05) is 17.3 Å². The third-order valence-corrected chi connectivity index (χ3v) is 4.96. The van der Waals surface area contributed by atoms with Gasteiger partial charge in [0.05, 0.1) is 13.3 Å². The summed E-state index contributed by atoms with van der Waals surface area (Å²) >= 11 is 0. The Kier molecular flexibility index (Phi) is 4.55. The summed E-state index contributed by atoms with van der Waals surface area (Å²) in [4.78, 5) is 16.1. The Morgan fingerprint density at radius 2 is 2.03 bits per heavy atom. The molecule has 1 aliphatic rings. The Balaban J connectivity index is 1.61. The molecule has 9 nitrogen and oxygen atoms in total. The Morgan fingerprint density at radius 3 is 2.81 bits per heavy atom. The van der Waals surface area contributed by atoms with Crippen LogP contribution in [-0.2, 0) is 11.3 Å². The summed E-state index contributed by atoms with van der Waals surface area (Å²) in [5.41, 5.74) is 8.49. The van der Waals surface area contributed by atoms with Crippen molar-refractivity contribution in [2.24, 2.45) is 5.73 Å². The molecule has 0 saturated carbocycles. The van der Waals surface area contributed by atoms with Crippen molar-refractivity contribution in [3.63, 3.8) is 0 Å². The minimum Gasteiger partial charge on any atom is -0.497 e. The van der Waals surface area contributed by atoms with Crippen LogP contribution >= 0.6 is 0 Å². The number of amides is 1. The summed E-state index contributed by atoms with van der Waals surface area (Å²) < 4.78 is 19.8. The zero-order valence-corrected chi connectivity index (χ0v) is 16.7. The van der Waals surface area contributed by atoms with Gasteiger partial charge in [-0.1, -0.05) is 0 Å². The summed E-state index contributed by atoms with van der Waals surface area (Å²) in [5, 5.41) is 3.45. The minimum absolute atomic E-state index is 0.0755. The van der Waals surface area contributed by atoms with Crippen LogP contribution in [0, 0.1) is 0 Å². The monoisotopic (exact) mass is 418 g/mol. The topological polar surface area (TPSA) is 104 Å². The van der Waals surface area contributed by atoms with E-state index < -0.39 is 5.91 Å². The standard InChI is InChI=1S/C22H19N5O4/c1-29-16-5-2-14(3-6-16)21-22(24-15-4-7-17-18(10-15)31-13-30-17)27-9-8-26(11-19(23)28)12-20(27)25-21/h2-10,12H,11,13H2,1H3,(H2,23,28)/p+1. The number of carbonyl (C=O) groups is 1. The van der Waals surface area contributed by atoms with E-state index in [-0.39, 0.29) is 13.3 Å². The predicted molar refractivity (Wildman–Crippen MR) is 112 cm³/mol. The lowest BCUT2D eigenvalue weighted by molar-refractivity contribution is -0.683. The third kappa shape index (κ3) is 3.57. The van der Waals surface area contributed by atoms with Gasteiger partial charge >= 0.3 is 0 Å². The summed E-state index contributed by atoms with van der Waals surface area (Å²) in [6.45, 7) is 0.289. The highest BCUT2D eigenvalue weighted by molar-refractivity contribution is 5.80. The van der Waals surface area contributed by atoms with Gasteiger partial charge in [-0.15, -0.1) is 0 Å². The van der Waals surface area contributed by atoms with E-state index in [9.17, 15) is 4.79 Å². The number of rotatable bonds is 6. The number of hydrogen-bond acceptors (Lipinski definition) is 6. The molecule has 0 fully saturated rings. The Morgan fingerprint density at radius 1 is 1.23 bits per heavy atom. The number of imidazole rings is 1. The van der Waals surface area contributed by atoms with Gasteiger partial charge in [-0.25, -0.2) is 4.98 Å². The first-order valence-electron chi connectivity index (χ1n) is 9.61. The molecule has 0 radical (unpaired) electrons. The zero-order chi connectivity index (χ0) is 21.4. The highest BCUT2D eigenvalue weighted by Crippen LogP contribution is 2.37. The first-order chi connectivity index (χ1) is 15.1. The van der Waals surface area contributed by atoms with Gasteiger partial charge in [0.25, 0.3) is 5.91 Å². The smallest absolute Gasteiger partial charge is 0.283 e. The van der Waals surface area contributed by atoms with Crippen molar-refractivity contribution in [2.45, 2.75) is 6.54 Å². The van der Waals surface area contributed by atoms with Crippen LogP contribution in [0.3, 0.4) is 0 Å². The molecule has 0 saturated heterocycles. The second kappa shape index (κ2) is 7.52. The fourth-order valence-corrected chi connectivity index (χ4v) is 3.49. The molecule has 0 bridgehead atoms. The number of methoxy groups -OCH3 is 1. The molecule has 1 aliphatic heterocycles. The maximum Gasteiger partial charge on any atom is 0.283 e. The van der Waals surface area contributed by atoms with E-state index in [1.165, 1.54) is 0 Å². The number of hydrogen-bond donors (Lipinski definition) is 2. The first kappa shape index (κ1) is 18.7. The molecule has 2 aromatic carbocycles. The second-order valence-electron chi connectivity index (χ2n) is 7.02. The molecule has 1 amide bonds. The van der Waals surface area contributed by atoms with Crippen molar-refractivity contribution in [1.29, 1.82) is 0 Å². The molecule has 5 rings (SSSR count). The van der Waals surface area contributed by atoms with Crippen molar-refractivity contribution in [3.8, 4) is 28.5 Å². The fourth-order valence-electron chi connectivity index (χ4n) is 3.49. The van der Waals surface area contributed by atoms with Crippen LogP contribution in [0.5, 0.6) is 17.2 Å². The van der Waals surface area contributed by atoms with Crippen LogP contribution < -0.4 is 29.8 Å². The molecule has 3 heterocycles. The predicted octanol–water partition coefficient (Wildman–Crippen LogP) is 2.25. The van der Waals surface area contributed by atoms with Crippen LogP contribution in [0.1, 0.15) is 0 Å². The normalized spacial score (nSPS) is 12.2. The van der Waals surface area contributed by atoms with E-state index in [0.29, 0.717) is 17.1 Å².